The molecule has 0 amide bonds. The topological polar surface area (TPSA) is 24.1 Å². The Hall–Kier alpha value is -5.69. The summed E-state index contributed by atoms with van der Waals surface area (Å²) in [6.45, 7) is 4.04. The van der Waals surface area contributed by atoms with Gasteiger partial charge < -0.3 is 0 Å². The minimum absolute atomic E-state index is 0.0626. The molecule has 61 heavy (non-hydrogen) atoms. The van der Waals surface area contributed by atoms with E-state index in [0.29, 0.717) is 32.0 Å². The maximum absolute atomic E-state index is 17.8. The molecule has 6 aromatic rings. The van der Waals surface area contributed by atoms with Crippen LogP contribution in [-0.2, 0) is 42.3 Å². The van der Waals surface area contributed by atoms with Crippen LogP contribution in [0.2, 0.25) is 0 Å². The van der Waals surface area contributed by atoms with Gasteiger partial charge in [-0.05, 0) is 0 Å². The zero-order chi connectivity index (χ0) is 42.3. The van der Waals surface area contributed by atoms with Crippen LogP contribution in [0.4, 0.5) is 40.3 Å². The molecule has 6 aromatic carbocycles. The van der Waals surface area contributed by atoms with Crippen molar-refractivity contribution in [3.63, 3.8) is 0 Å². The van der Waals surface area contributed by atoms with Gasteiger partial charge in [0.25, 0.3) is 0 Å². The molecule has 308 valence electrons. The van der Waals surface area contributed by atoms with Gasteiger partial charge in [0.1, 0.15) is 0 Å². The molecule has 2 aliphatic carbocycles. The first-order valence-electron chi connectivity index (χ1n) is 21.2. The monoisotopic (exact) mass is 850 g/mol. The third kappa shape index (κ3) is 9.03. The maximum atomic E-state index is 17.8. The molecule has 0 saturated carbocycles. The van der Waals surface area contributed by atoms with Gasteiger partial charge in [-0.25, -0.2) is 0 Å². The van der Waals surface area contributed by atoms with Crippen LogP contribution < -0.4 is 18.4 Å². The van der Waals surface area contributed by atoms with E-state index in [9.17, 15) is 0 Å². The first-order valence-corrected chi connectivity index (χ1v) is 24.3. The molecule has 0 unspecified atom stereocenters. The van der Waals surface area contributed by atoms with Gasteiger partial charge in [-0.15, -0.1) is 0 Å². The van der Waals surface area contributed by atoms with Gasteiger partial charge in [0.05, 0.1) is 0 Å². The van der Waals surface area contributed by atoms with Crippen molar-refractivity contribution in [1.82, 2.24) is 0 Å². The van der Waals surface area contributed by atoms with Gasteiger partial charge in [0.2, 0.25) is 0 Å². The minimum atomic E-state index is -5.12. The SMILES string of the molecule is Cc1ccc(Nc2ccc(F)[c]([Ti]([C]3=CC=CC3)([C]3=CC=CC3)[c]3c(F)ccc(Nc4ccc(C)cc4CCCc4ccccc4)c3F)c2F)c(CCCc2ccccc2)c1. The summed E-state index contributed by atoms with van der Waals surface area (Å²) in [4.78, 5) is 0. The third-order valence-electron chi connectivity index (χ3n) is 12.0. The summed E-state index contributed by atoms with van der Waals surface area (Å²) in [7, 11) is 0. The van der Waals surface area contributed by atoms with E-state index in [4.69, 9.17) is 0 Å². The number of hydrogen-bond donors (Lipinski definition) is 2. The molecule has 2 aliphatic rings. The molecule has 7 heteroatoms. The van der Waals surface area contributed by atoms with Crippen LogP contribution in [0.25, 0.3) is 0 Å². The van der Waals surface area contributed by atoms with Crippen LogP contribution in [0.1, 0.15) is 59.1 Å². The summed E-state index contributed by atoms with van der Waals surface area (Å²) in [6.07, 6.45) is 16.8. The van der Waals surface area contributed by atoms with Gasteiger partial charge >= 0.3 is 351 Å². The summed E-state index contributed by atoms with van der Waals surface area (Å²) in [5.41, 5.74) is 8.17. The Labute approximate surface area is 360 Å². The van der Waals surface area contributed by atoms with Crippen LogP contribution in [-0.4, -0.2) is 0 Å². The molecule has 0 aliphatic heterocycles. The number of halogens is 4. The quantitative estimate of drug-likeness (QED) is 0.0749. The fraction of sp³-hybridized carbons (Fsp3) is 0.185. The molecular formula is C54H50F4N2Ti. The molecule has 0 heterocycles. The van der Waals surface area contributed by atoms with Crippen molar-refractivity contribution in [2.75, 3.05) is 10.6 Å². The predicted octanol–water partition coefficient (Wildman–Crippen LogP) is 13.5. The first kappa shape index (κ1) is 42.0. The van der Waals surface area contributed by atoms with Crippen molar-refractivity contribution in [3.05, 3.63) is 222 Å². The molecule has 0 fully saturated rings. The van der Waals surface area contributed by atoms with Crippen molar-refractivity contribution < 1.29 is 34.2 Å². The Morgan fingerprint density at radius 3 is 1.28 bits per heavy atom. The van der Waals surface area contributed by atoms with E-state index in [0.717, 1.165) is 60.8 Å². The number of allylic oxidation sites excluding steroid dienone is 8. The number of rotatable bonds is 16. The van der Waals surface area contributed by atoms with E-state index in [1.807, 2.05) is 111 Å². The van der Waals surface area contributed by atoms with E-state index in [-0.39, 0.29) is 19.1 Å². The summed E-state index contributed by atoms with van der Waals surface area (Å²) < 4.78 is 70.5. The molecule has 2 nitrogen and oxygen atoms in total. The van der Waals surface area contributed by atoms with Gasteiger partial charge in [-0.2, -0.15) is 0 Å². The molecule has 0 bridgehead atoms. The summed E-state index contributed by atoms with van der Waals surface area (Å²) in [5, 5.41) is 6.64. The zero-order valence-corrected chi connectivity index (χ0v) is 36.2. The molecule has 0 saturated heterocycles. The Morgan fingerprint density at radius 2 is 0.885 bits per heavy atom. The molecule has 0 spiro atoms. The molecule has 0 atom stereocenters. The first-order chi connectivity index (χ1) is 29.7. The van der Waals surface area contributed by atoms with Crippen molar-refractivity contribution >= 4 is 30.5 Å². The van der Waals surface area contributed by atoms with E-state index >= 15 is 17.6 Å². The average molecular weight is 851 g/mol. The number of anilines is 4. The molecule has 0 radical (unpaired) electrons. The molecule has 0 aromatic heterocycles. The summed E-state index contributed by atoms with van der Waals surface area (Å²) in [5.74, 6) is -3.28. The standard InChI is InChI=1S/2C22H20F2N.2C5H5.Ti/c2*1-16-10-12-21(25-22-13-11-19(23)15-20(22)24)18(14-16)9-5-8-17-6-3-2-4-7-17;2*1-2-4-5-3-1;/h2*2-4,6-7,10-14,25H,5,8-9H2,1H3;2*1-3H,4H2;. The number of hydrogen-bond acceptors (Lipinski definition) is 2. The molecule has 2 N–H and O–H groups in total. The van der Waals surface area contributed by atoms with Gasteiger partial charge in [0.15, 0.2) is 0 Å². The Kier molecular flexibility index (Phi) is 13.0. The second-order valence-corrected chi connectivity index (χ2v) is 22.1. The van der Waals surface area contributed by atoms with Crippen molar-refractivity contribution in [1.29, 1.82) is 0 Å². The zero-order valence-electron chi connectivity index (χ0n) is 34.7. The second-order valence-electron chi connectivity index (χ2n) is 16.2. The van der Waals surface area contributed by atoms with E-state index in [1.54, 1.807) is 0 Å². The van der Waals surface area contributed by atoms with Gasteiger partial charge in [-0.3, -0.25) is 0 Å². The number of benzene rings is 6. The number of nitrogens with one attached hydrogen (secondary N) is 2. The van der Waals surface area contributed by atoms with Crippen molar-refractivity contribution in [2.45, 2.75) is 65.2 Å². The van der Waals surface area contributed by atoms with E-state index in [2.05, 4.69) is 47.0 Å². The van der Waals surface area contributed by atoms with Crippen LogP contribution in [0.3, 0.4) is 0 Å². The number of aryl methyl sites for hydroxylation is 6. The van der Waals surface area contributed by atoms with Gasteiger partial charge in [-0.1, -0.05) is 12.1 Å². The van der Waals surface area contributed by atoms with Gasteiger partial charge in [0, 0.05) is 0 Å². The summed E-state index contributed by atoms with van der Waals surface area (Å²) in [6, 6.07) is 37.8. The van der Waals surface area contributed by atoms with Crippen LogP contribution in [0.15, 0.2) is 166 Å². The summed E-state index contributed by atoms with van der Waals surface area (Å²) >= 11 is -5.12. The Bertz CT molecular complexity index is 2480. The van der Waals surface area contributed by atoms with E-state index < -0.39 is 39.9 Å². The van der Waals surface area contributed by atoms with Crippen LogP contribution in [0.5, 0.6) is 0 Å². The van der Waals surface area contributed by atoms with Crippen molar-refractivity contribution in [3.8, 4) is 0 Å². The molecular weight excluding hydrogens is 800 g/mol. The van der Waals surface area contributed by atoms with Crippen LogP contribution >= 0.6 is 0 Å². The van der Waals surface area contributed by atoms with E-state index in [1.165, 1.54) is 35.4 Å². The van der Waals surface area contributed by atoms with Crippen LogP contribution in [0, 0.1) is 37.1 Å². The fourth-order valence-corrected chi connectivity index (χ4v) is 17.3. The Balaban J connectivity index is 1.20. The third-order valence-corrected chi connectivity index (χ3v) is 19.9. The Morgan fingerprint density at radius 1 is 0.475 bits per heavy atom. The fourth-order valence-electron chi connectivity index (χ4n) is 9.06. The second kappa shape index (κ2) is 18.9. The molecule has 8 rings (SSSR count). The van der Waals surface area contributed by atoms with Crippen molar-refractivity contribution in [2.24, 2.45) is 0 Å². The normalized spacial score (nSPS) is 13.4. The average Bonchev–Trinajstić information content (AvgIpc) is 4.02. The predicted molar refractivity (Wildman–Crippen MR) is 242 cm³/mol.